The highest BCUT2D eigenvalue weighted by molar-refractivity contribution is 5.20. The molecule has 0 bridgehead atoms. The van der Waals surface area contributed by atoms with E-state index >= 15 is 0 Å². The van der Waals surface area contributed by atoms with Crippen LogP contribution in [-0.4, -0.2) is 30.9 Å². The van der Waals surface area contributed by atoms with E-state index < -0.39 is 0 Å². The monoisotopic (exact) mass is 251 g/mol. The molecule has 1 unspecified atom stereocenters. The molecule has 1 aromatic rings. The molecule has 18 heavy (non-hydrogen) atoms. The zero-order valence-corrected chi connectivity index (χ0v) is 11.4. The lowest BCUT2D eigenvalue weighted by Crippen LogP contribution is -2.34. The Hall–Kier alpha value is -1.06. The molecule has 0 amide bonds. The van der Waals surface area contributed by atoms with Crippen molar-refractivity contribution in [2.24, 2.45) is 5.92 Å². The van der Waals surface area contributed by atoms with E-state index in [-0.39, 0.29) is 12.6 Å². The molecule has 0 fully saturated rings. The zero-order valence-electron chi connectivity index (χ0n) is 11.4. The molecule has 1 rings (SSSR count). The lowest BCUT2D eigenvalue weighted by atomic mass is 10.0. The number of ether oxygens (including phenoxy) is 1. The third-order valence-corrected chi connectivity index (χ3v) is 2.74. The van der Waals surface area contributed by atoms with Crippen LogP contribution in [0.4, 0.5) is 0 Å². The van der Waals surface area contributed by atoms with Gasteiger partial charge >= 0.3 is 0 Å². The second-order valence-electron chi connectivity index (χ2n) is 4.98. The van der Waals surface area contributed by atoms with Crippen LogP contribution in [0.3, 0.4) is 0 Å². The summed E-state index contributed by atoms with van der Waals surface area (Å²) in [7, 11) is 0. The van der Waals surface area contributed by atoms with Crippen LogP contribution in [0.1, 0.15) is 26.7 Å². The van der Waals surface area contributed by atoms with Gasteiger partial charge in [0.25, 0.3) is 0 Å². The molecule has 0 aromatic heterocycles. The lowest BCUT2D eigenvalue weighted by Gasteiger charge is -2.18. The van der Waals surface area contributed by atoms with Gasteiger partial charge in [0, 0.05) is 6.04 Å². The van der Waals surface area contributed by atoms with Gasteiger partial charge in [0.2, 0.25) is 0 Å². The Labute approximate surface area is 110 Å². The minimum atomic E-state index is 0.206. The van der Waals surface area contributed by atoms with E-state index in [0.717, 1.165) is 25.1 Å². The van der Waals surface area contributed by atoms with E-state index in [9.17, 15) is 5.11 Å². The number of rotatable bonds is 9. The van der Waals surface area contributed by atoms with Crippen LogP contribution in [0.5, 0.6) is 5.75 Å². The van der Waals surface area contributed by atoms with Crippen LogP contribution in [0, 0.1) is 5.92 Å². The standard InChI is InChI=1S/C15H25NO2/c1-13(2)11-14(12-17)16-9-6-10-18-15-7-4-3-5-8-15/h3-5,7-8,13-14,16-17H,6,9-12H2,1-2H3. The summed E-state index contributed by atoms with van der Waals surface area (Å²) in [5.74, 6) is 1.52. The molecule has 0 radical (unpaired) electrons. The molecule has 1 atom stereocenters. The summed E-state index contributed by atoms with van der Waals surface area (Å²) in [5.41, 5.74) is 0. The van der Waals surface area contributed by atoms with Crippen molar-refractivity contribution in [3.05, 3.63) is 30.3 Å². The minimum absolute atomic E-state index is 0.206. The smallest absolute Gasteiger partial charge is 0.119 e. The molecule has 0 aliphatic heterocycles. The molecule has 0 saturated heterocycles. The van der Waals surface area contributed by atoms with Crippen molar-refractivity contribution in [3.8, 4) is 5.75 Å². The Balaban J connectivity index is 2.07. The minimum Gasteiger partial charge on any atom is -0.494 e. The third-order valence-electron chi connectivity index (χ3n) is 2.74. The molecule has 0 aliphatic carbocycles. The zero-order chi connectivity index (χ0) is 13.2. The van der Waals surface area contributed by atoms with Gasteiger partial charge in [-0.15, -0.1) is 0 Å². The molecule has 3 nitrogen and oxygen atoms in total. The number of aliphatic hydroxyl groups is 1. The Morgan fingerprint density at radius 3 is 2.56 bits per heavy atom. The highest BCUT2D eigenvalue weighted by atomic mass is 16.5. The summed E-state index contributed by atoms with van der Waals surface area (Å²) in [6.07, 6.45) is 1.96. The van der Waals surface area contributed by atoms with Crippen LogP contribution in [0.2, 0.25) is 0 Å². The molecule has 102 valence electrons. The fraction of sp³-hybridized carbons (Fsp3) is 0.600. The van der Waals surface area contributed by atoms with Gasteiger partial charge in [-0.25, -0.2) is 0 Å². The van der Waals surface area contributed by atoms with E-state index in [4.69, 9.17) is 4.74 Å². The summed E-state index contributed by atoms with van der Waals surface area (Å²) < 4.78 is 5.60. The molecule has 0 saturated carbocycles. The molecule has 0 spiro atoms. The third kappa shape index (κ3) is 6.62. The van der Waals surface area contributed by atoms with Crippen LogP contribution in [-0.2, 0) is 0 Å². The summed E-state index contributed by atoms with van der Waals surface area (Å²) in [5, 5.41) is 12.6. The van der Waals surface area contributed by atoms with Crippen molar-refractivity contribution in [2.75, 3.05) is 19.8 Å². The van der Waals surface area contributed by atoms with Gasteiger partial charge in [0.05, 0.1) is 13.2 Å². The SMILES string of the molecule is CC(C)CC(CO)NCCCOc1ccccc1. The molecular formula is C15H25NO2. The Morgan fingerprint density at radius 1 is 1.22 bits per heavy atom. The van der Waals surface area contributed by atoms with Crippen LogP contribution >= 0.6 is 0 Å². The van der Waals surface area contributed by atoms with E-state index in [2.05, 4.69) is 19.2 Å². The number of hydrogen-bond acceptors (Lipinski definition) is 3. The van der Waals surface area contributed by atoms with Gasteiger partial charge in [-0.05, 0) is 37.4 Å². The maximum absolute atomic E-state index is 9.22. The normalized spacial score (nSPS) is 12.7. The van der Waals surface area contributed by atoms with Crippen LogP contribution < -0.4 is 10.1 Å². The van der Waals surface area contributed by atoms with Gasteiger partial charge in [-0.3, -0.25) is 0 Å². The van der Waals surface area contributed by atoms with Crippen molar-refractivity contribution in [3.63, 3.8) is 0 Å². The lowest BCUT2D eigenvalue weighted by molar-refractivity contribution is 0.220. The average molecular weight is 251 g/mol. The van der Waals surface area contributed by atoms with E-state index in [0.29, 0.717) is 12.5 Å². The number of para-hydroxylation sites is 1. The average Bonchev–Trinajstić information content (AvgIpc) is 2.37. The van der Waals surface area contributed by atoms with Gasteiger partial charge in [-0.2, -0.15) is 0 Å². The van der Waals surface area contributed by atoms with Crippen molar-refractivity contribution in [1.29, 1.82) is 0 Å². The predicted molar refractivity (Wildman–Crippen MR) is 74.9 cm³/mol. The first-order valence-electron chi connectivity index (χ1n) is 6.74. The van der Waals surface area contributed by atoms with Gasteiger partial charge in [-0.1, -0.05) is 32.0 Å². The number of hydrogen-bond donors (Lipinski definition) is 2. The Kier molecular flexibility index (Phi) is 7.46. The van der Waals surface area contributed by atoms with Gasteiger partial charge < -0.3 is 15.2 Å². The molecular weight excluding hydrogens is 226 g/mol. The van der Waals surface area contributed by atoms with Crippen molar-refractivity contribution in [1.82, 2.24) is 5.32 Å². The summed E-state index contributed by atoms with van der Waals surface area (Å²) in [6, 6.07) is 10.1. The van der Waals surface area contributed by atoms with Crippen LogP contribution in [0.15, 0.2) is 30.3 Å². The first-order valence-corrected chi connectivity index (χ1v) is 6.74. The van der Waals surface area contributed by atoms with E-state index in [1.165, 1.54) is 0 Å². The number of aliphatic hydroxyl groups excluding tert-OH is 1. The highest BCUT2D eigenvalue weighted by Crippen LogP contribution is 2.08. The molecule has 2 N–H and O–H groups in total. The van der Waals surface area contributed by atoms with Crippen molar-refractivity contribution in [2.45, 2.75) is 32.7 Å². The largest absolute Gasteiger partial charge is 0.494 e. The topological polar surface area (TPSA) is 41.5 Å². The number of benzene rings is 1. The van der Waals surface area contributed by atoms with Crippen LogP contribution in [0.25, 0.3) is 0 Å². The summed E-state index contributed by atoms with van der Waals surface area (Å²) in [6.45, 7) is 6.13. The van der Waals surface area contributed by atoms with Crippen molar-refractivity contribution >= 4 is 0 Å². The molecule has 0 aliphatic rings. The number of nitrogens with one attached hydrogen (secondary N) is 1. The fourth-order valence-electron chi connectivity index (χ4n) is 1.88. The summed E-state index contributed by atoms with van der Waals surface area (Å²) in [4.78, 5) is 0. The second kappa shape index (κ2) is 8.95. The maximum atomic E-state index is 9.22. The van der Waals surface area contributed by atoms with Gasteiger partial charge in [0.1, 0.15) is 5.75 Å². The second-order valence-corrected chi connectivity index (χ2v) is 4.98. The molecule has 3 heteroatoms. The highest BCUT2D eigenvalue weighted by Gasteiger charge is 2.08. The van der Waals surface area contributed by atoms with E-state index in [1.807, 2.05) is 30.3 Å². The maximum Gasteiger partial charge on any atom is 0.119 e. The predicted octanol–water partition coefficient (Wildman–Crippen LogP) is 2.45. The Morgan fingerprint density at radius 2 is 1.94 bits per heavy atom. The Bertz CT molecular complexity index is 301. The molecule has 0 heterocycles. The fourth-order valence-corrected chi connectivity index (χ4v) is 1.88. The first kappa shape index (κ1) is 15.0. The molecule has 1 aromatic carbocycles. The van der Waals surface area contributed by atoms with E-state index in [1.54, 1.807) is 0 Å². The van der Waals surface area contributed by atoms with Crippen molar-refractivity contribution < 1.29 is 9.84 Å². The first-order chi connectivity index (χ1) is 8.72. The quantitative estimate of drug-likeness (QED) is 0.662. The van der Waals surface area contributed by atoms with Gasteiger partial charge in [0.15, 0.2) is 0 Å². The summed E-state index contributed by atoms with van der Waals surface area (Å²) >= 11 is 0.